The number of benzene rings is 3. The molecule has 0 aromatic heterocycles. The van der Waals surface area contributed by atoms with Gasteiger partial charge in [0, 0.05) is 29.9 Å². The van der Waals surface area contributed by atoms with Crippen LogP contribution >= 0.6 is 0 Å². The number of hydrogen-bond acceptors (Lipinski definition) is 4. The molecule has 31 heavy (non-hydrogen) atoms. The van der Waals surface area contributed by atoms with Crippen molar-refractivity contribution < 1.29 is 14.4 Å². The molecule has 1 unspecified atom stereocenters. The molecule has 6 nitrogen and oxygen atoms in total. The quantitative estimate of drug-likeness (QED) is 0.705. The Kier molecular flexibility index (Phi) is 4.96. The van der Waals surface area contributed by atoms with Gasteiger partial charge in [0.05, 0.1) is 5.71 Å². The van der Waals surface area contributed by atoms with E-state index in [9.17, 15) is 9.59 Å². The third-order valence-electron chi connectivity index (χ3n) is 5.60. The van der Waals surface area contributed by atoms with Crippen LogP contribution in [0.25, 0.3) is 0 Å². The number of oxime groups is 1. The molecule has 0 bridgehead atoms. The second-order valence-corrected chi connectivity index (χ2v) is 7.60. The minimum atomic E-state index is -0.669. The van der Waals surface area contributed by atoms with E-state index in [-0.39, 0.29) is 11.8 Å². The van der Waals surface area contributed by atoms with Gasteiger partial charge in [-0.25, -0.2) is 0 Å². The first-order chi connectivity index (χ1) is 15.2. The average molecular weight is 411 g/mol. The molecule has 2 heterocycles. The van der Waals surface area contributed by atoms with Gasteiger partial charge in [0.1, 0.15) is 0 Å². The molecule has 2 aliphatic heterocycles. The molecule has 154 valence electrons. The van der Waals surface area contributed by atoms with Crippen molar-refractivity contribution in [2.24, 2.45) is 5.16 Å². The van der Waals surface area contributed by atoms with Crippen molar-refractivity contribution in [3.05, 3.63) is 95.6 Å². The summed E-state index contributed by atoms with van der Waals surface area (Å²) in [6, 6.07) is 24.6. The summed E-state index contributed by atoms with van der Waals surface area (Å²) < 4.78 is 0. The van der Waals surface area contributed by atoms with Crippen molar-refractivity contribution >= 4 is 28.9 Å². The third-order valence-corrected chi connectivity index (χ3v) is 5.60. The van der Waals surface area contributed by atoms with Crippen molar-refractivity contribution in [2.45, 2.75) is 18.9 Å². The molecule has 0 spiro atoms. The molecule has 1 atom stereocenters. The summed E-state index contributed by atoms with van der Waals surface area (Å²) in [7, 11) is 0. The van der Waals surface area contributed by atoms with Crippen molar-refractivity contribution in [1.82, 2.24) is 0 Å². The van der Waals surface area contributed by atoms with Gasteiger partial charge in [-0.3, -0.25) is 9.59 Å². The molecule has 0 fully saturated rings. The highest BCUT2D eigenvalue weighted by Gasteiger charge is 2.29. The van der Waals surface area contributed by atoms with E-state index in [4.69, 9.17) is 4.84 Å². The molecule has 6 heteroatoms. The van der Waals surface area contributed by atoms with E-state index in [0.717, 1.165) is 23.4 Å². The standard InChI is InChI=1S/C25H21N3O3/c29-24(23-16-21(27-31-23)17-6-2-1-3-7-17)26-20-12-10-19(11-13-20)25(30)28-15-14-18-8-4-5-9-22(18)28/h1-13,23H,14-16H2,(H,26,29). The van der Waals surface area contributed by atoms with Crippen LogP contribution in [0.3, 0.4) is 0 Å². The molecule has 0 saturated carbocycles. The highest BCUT2D eigenvalue weighted by atomic mass is 16.6. The lowest BCUT2D eigenvalue weighted by Crippen LogP contribution is -2.29. The van der Waals surface area contributed by atoms with Crippen LogP contribution in [0, 0.1) is 0 Å². The number of anilines is 2. The predicted molar refractivity (Wildman–Crippen MR) is 119 cm³/mol. The lowest BCUT2D eigenvalue weighted by molar-refractivity contribution is -0.125. The SMILES string of the molecule is O=C(Nc1ccc(C(=O)N2CCc3ccccc32)cc1)C1CC(c2ccccc2)=NO1. The van der Waals surface area contributed by atoms with Gasteiger partial charge in [-0.05, 0) is 47.9 Å². The molecule has 0 aliphatic carbocycles. The summed E-state index contributed by atoms with van der Waals surface area (Å²) in [5.41, 5.74) is 5.06. The fourth-order valence-electron chi connectivity index (χ4n) is 3.94. The fourth-order valence-corrected chi connectivity index (χ4v) is 3.94. The van der Waals surface area contributed by atoms with Gasteiger partial charge >= 0.3 is 0 Å². The number of hydrogen-bond donors (Lipinski definition) is 1. The highest BCUT2D eigenvalue weighted by molar-refractivity contribution is 6.08. The average Bonchev–Trinajstić information content (AvgIpc) is 3.48. The molecule has 0 saturated heterocycles. The van der Waals surface area contributed by atoms with Crippen LogP contribution in [0.5, 0.6) is 0 Å². The van der Waals surface area contributed by atoms with Crippen LogP contribution in [0.2, 0.25) is 0 Å². The van der Waals surface area contributed by atoms with Gasteiger partial charge in [0.2, 0.25) is 6.10 Å². The minimum absolute atomic E-state index is 0.0390. The summed E-state index contributed by atoms with van der Waals surface area (Å²) in [6.45, 7) is 0.680. The van der Waals surface area contributed by atoms with Gasteiger partial charge < -0.3 is 15.1 Å². The number of carbonyl (C=O) groups excluding carboxylic acids is 2. The summed E-state index contributed by atoms with van der Waals surface area (Å²) >= 11 is 0. The van der Waals surface area contributed by atoms with Crippen LogP contribution < -0.4 is 10.2 Å². The van der Waals surface area contributed by atoms with Gasteiger partial charge in [0.25, 0.3) is 11.8 Å². The summed E-state index contributed by atoms with van der Waals surface area (Å²) in [5.74, 6) is -0.301. The summed E-state index contributed by atoms with van der Waals surface area (Å²) in [6.07, 6.45) is 0.614. The molecule has 3 aromatic carbocycles. The maximum absolute atomic E-state index is 12.9. The van der Waals surface area contributed by atoms with E-state index in [1.54, 1.807) is 29.2 Å². The second kappa shape index (κ2) is 8.07. The van der Waals surface area contributed by atoms with E-state index in [0.29, 0.717) is 24.2 Å². The Morgan fingerprint density at radius 3 is 2.48 bits per heavy atom. The number of fused-ring (bicyclic) bond motifs is 1. The van der Waals surface area contributed by atoms with Gasteiger partial charge in [-0.1, -0.05) is 53.7 Å². The third kappa shape index (κ3) is 3.80. The molecule has 2 amide bonds. The monoisotopic (exact) mass is 411 g/mol. The maximum atomic E-state index is 12.9. The highest BCUT2D eigenvalue weighted by Crippen LogP contribution is 2.29. The van der Waals surface area contributed by atoms with E-state index >= 15 is 0 Å². The van der Waals surface area contributed by atoms with Crippen molar-refractivity contribution in [1.29, 1.82) is 0 Å². The van der Waals surface area contributed by atoms with Crippen LogP contribution in [0.4, 0.5) is 11.4 Å². The normalized spacial score (nSPS) is 17.0. The smallest absolute Gasteiger partial charge is 0.268 e. The first kappa shape index (κ1) is 19.1. The molecule has 3 aromatic rings. The van der Waals surface area contributed by atoms with Gasteiger partial charge in [0.15, 0.2) is 0 Å². The molecule has 2 aliphatic rings. The number of rotatable bonds is 4. The van der Waals surface area contributed by atoms with E-state index in [1.165, 1.54) is 5.56 Å². The van der Waals surface area contributed by atoms with E-state index in [1.807, 2.05) is 48.5 Å². The number of nitrogens with zero attached hydrogens (tertiary/aromatic N) is 2. The van der Waals surface area contributed by atoms with Crippen LogP contribution in [0.1, 0.15) is 27.9 Å². The zero-order valence-electron chi connectivity index (χ0n) is 16.8. The summed E-state index contributed by atoms with van der Waals surface area (Å²) in [4.78, 5) is 32.6. The lowest BCUT2D eigenvalue weighted by Gasteiger charge is -2.17. The van der Waals surface area contributed by atoms with E-state index < -0.39 is 6.10 Å². The topological polar surface area (TPSA) is 71.0 Å². The molecule has 1 N–H and O–H groups in total. The lowest BCUT2D eigenvalue weighted by atomic mass is 10.0. The number of nitrogens with one attached hydrogen (secondary N) is 1. The minimum Gasteiger partial charge on any atom is -0.382 e. The largest absolute Gasteiger partial charge is 0.382 e. The molecule has 0 radical (unpaired) electrons. The van der Waals surface area contributed by atoms with Crippen LogP contribution in [-0.2, 0) is 16.1 Å². The Labute approximate surface area is 180 Å². The Bertz CT molecular complexity index is 1160. The fraction of sp³-hybridized carbons (Fsp3) is 0.160. The Morgan fingerprint density at radius 1 is 0.935 bits per heavy atom. The van der Waals surface area contributed by atoms with Crippen molar-refractivity contribution in [3.8, 4) is 0 Å². The zero-order chi connectivity index (χ0) is 21.2. The van der Waals surface area contributed by atoms with Crippen LogP contribution in [-0.4, -0.2) is 30.2 Å². The molecular weight excluding hydrogens is 390 g/mol. The molecule has 5 rings (SSSR count). The predicted octanol–water partition coefficient (Wildman–Crippen LogP) is 4.02. The Hall–Kier alpha value is -3.93. The van der Waals surface area contributed by atoms with Crippen LogP contribution in [0.15, 0.2) is 84.0 Å². The number of para-hydroxylation sites is 1. The number of amides is 2. The van der Waals surface area contributed by atoms with Crippen molar-refractivity contribution in [3.63, 3.8) is 0 Å². The maximum Gasteiger partial charge on any atom is 0.268 e. The van der Waals surface area contributed by atoms with Gasteiger partial charge in [-0.2, -0.15) is 0 Å². The first-order valence-electron chi connectivity index (χ1n) is 10.3. The molecular formula is C25H21N3O3. The zero-order valence-corrected chi connectivity index (χ0v) is 16.8. The Balaban J connectivity index is 1.21. The van der Waals surface area contributed by atoms with E-state index in [2.05, 4.69) is 16.5 Å². The van der Waals surface area contributed by atoms with Gasteiger partial charge in [-0.15, -0.1) is 0 Å². The second-order valence-electron chi connectivity index (χ2n) is 7.60. The number of carbonyl (C=O) groups is 2. The summed E-state index contributed by atoms with van der Waals surface area (Å²) in [5, 5.41) is 6.90. The van der Waals surface area contributed by atoms with Crippen molar-refractivity contribution in [2.75, 3.05) is 16.8 Å². The Morgan fingerprint density at radius 2 is 1.68 bits per heavy atom. The first-order valence-corrected chi connectivity index (χ1v) is 10.3.